The van der Waals surface area contributed by atoms with Crippen LogP contribution in [0.25, 0.3) is 0 Å². The minimum atomic E-state index is -2.96. The van der Waals surface area contributed by atoms with Crippen molar-refractivity contribution >= 4 is 15.9 Å². The van der Waals surface area contributed by atoms with Gasteiger partial charge in [0.25, 0.3) is 5.92 Å². The van der Waals surface area contributed by atoms with E-state index in [9.17, 15) is 13.9 Å². The number of benzene rings is 2. The fraction of sp³-hybridized carbons (Fsp3) is 0.158. The summed E-state index contributed by atoms with van der Waals surface area (Å²) in [6, 6.07) is 16.0. The molecule has 1 N–H and O–H groups in total. The van der Waals surface area contributed by atoms with Crippen molar-refractivity contribution in [1.29, 1.82) is 0 Å². The van der Waals surface area contributed by atoms with Crippen LogP contribution in [0.2, 0.25) is 0 Å². The standard InChI is InChI=1S/C19H15BrF2O/c20-17-10-8-15(9-11-17)19(23,14-5-2-1-3-6-14)16-7-4-12-18(21,22)13-16/h1-12,23H,13H2/t19-/m1/s1. The van der Waals surface area contributed by atoms with Gasteiger partial charge in [-0.1, -0.05) is 70.5 Å². The van der Waals surface area contributed by atoms with E-state index in [4.69, 9.17) is 0 Å². The van der Waals surface area contributed by atoms with Gasteiger partial charge < -0.3 is 5.11 Å². The molecule has 4 heteroatoms. The van der Waals surface area contributed by atoms with Gasteiger partial charge in [0.05, 0.1) is 0 Å². The van der Waals surface area contributed by atoms with Gasteiger partial charge in [-0.05, 0) is 34.9 Å². The van der Waals surface area contributed by atoms with E-state index in [1.165, 1.54) is 6.08 Å². The van der Waals surface area contributed by atoms with E-state index in [-0.39, 0.29) is 5.57 Å². The van der Waals surface area contributed by atoms with Crippen LogP contribution in [0.1, 0.15) is 17.5 Å². The predicted octanol–water partition coefficient (Wildman–Crippen LogP) is 5.21. The van der Waals surface area contributed by atoms with E-state index < -0.39 is 17.9 Å². The highest BCUT2D eigenvalue weighted by molar-refractivity contribution is 9.10. The summed E-state index contributed by atoms with van der Waals surface area (Å²) in [5, 5.41) is 11.5. The third-order valence-electron chi connectivity index (χ3n) is 3.98. The molecule has 0 fully saturated rings. The fourth-order valence-electron chi connectivity index (χ4n) is 2.83. The number of hydrogen-bond donors (Lipinski definition) is 1. The van der Waals surface area contributed by atoms with Crippen molar-refractivity contribution in [3.63, 3.8) is 0 Å². The molecule has 0 aliphatic heterocycles. The smallest absolute Gasteiger partial charge is 0.270 e. The molecule has 0 unspecified atom stereocenters. The van der Waals surface area contributed by atoms with Crippen LogP contribution in [0.15, 0.2) is 82.9 Å². The maximum absolute atomic E-state index is 13.8. The highest BCUT2D eigenvalue weighted by atomic mass is 79.9. The van der Waals surface area contributed by atoms with Crippen LogP contribution in [0.5, 0.6) is 0 Å². The average Bonchev–Trinajstić information content (AvgIpc) is 2.54. The predicted molar refractivity (Wildman–Crippen MR) is 90.4 cm³/mol. The summed E-state index contributed by atoms with van der Waals surface area (Å²) in [5.41, 5.74) is -0.182. The zero-order valence-electron chi connectivity index (χ0n) is 12.2. The Morgan fingerprint density at radius 1 is 0.957 bits per heavy atom. The number of allylic oxidation sites excluding steroid dienone is 3. The number of hydrogen-bond acceptors (Lipinski definition) is 1. The summed E-state index contributed by atoms with van der Waals surface area (Å²) in [6.45, 7) is 0. The van der Waals surface area contributed by atoms with E-state index >= 15 is 0 Å². The minimum Gasteiger partial charge on any atom is -0.376 e. The number of halogens is 3. The van der Waals surface area contributed by atoms with E-state index in [0.717, 1.165) is 10.5 Å². The van der Waals surface area contributed by atoms with Crippen LogP contribution in [0, 0.1) is 0 Å². The zero-order chi connectivity index (χ0) is 16.5. The molecule has 0 aromatic heterocycles. The molecule has 1 nitrogen and oxygen atoms in total. The number of aliphatic hydroxyl groups is 1. The summed E-state index contributed by atoms with van der Waals surface area (Å²) >= 11 is 3.36. The first-order valence-electron chi connectivity index (χ1n) is 7.22. The minimum absolute atomic E-state index is 0.276. The molecule has 0 heterocycles. The van der Waals surface area contributed by atoms with Gasteiger partial charge >= 0.3 is 0 Å². The first-order valence-corrected chi connectivity index (χ1v) is 8.02. The van der Waals surface area contributed by atoms with Gasteiger partial charge in [-0.3, -0.25) is 0 Å². The van der Waals surface area contributed by atoms with E-state index in [0.29, 0.717) is 11.1 Å². The van der Waals surface area contributed by atoms with Crippen molar-refractivity contribution in [2.45, 2.75) is 17.9 Å². The first-order chi connectivity index (χ1) is 10.9. The van der Waals surface area contributed by atoms with Gasteiger partial charge in [0.1, 0.15) is 5.60 Å². The van der Waals surface area contributed by atoms with Crippen LogP contribution >= 0.6 is 15.9 Å². The zero-order valence-corrected chi connectivity index (χ0v) is 13.8. The molecule has 1 atom stereocenters. The van der Waals surface area contributed by atoms with E-state index in [1.54, 1.807) is 54.6 Å². The SMILES string of the molecule is O[C@](C1=CC=CC(F)(F)C1)(c1ccccc1)c1ccc(Br)cc1. The molecule has 3 rings (SSSR count). The van der Waals surface area contributed by atoms with Crippen molar-refractivity contribution in [2.24, 2.45) is 0 Å². The lowest BCUT2D eigenvalue weighted by atomic mass is 9.76. The third kappa shape index (κ3) is 3.14. The Bertz CT molecular complexity index is 751. The maximum atomic E-state index is 13.8. The Morgan fingerprint density at radius 2 is 1.57 bits per heavy atom. The monoisotopic (exact) mass is 376 g/mol. The van der Waals surface area contributed by atoms with Crippen molar-refractivity contribution in [2.75, 3.05) is 0 Å². The Kier molecular flexibility index (Phi) is 4.21. The molecule has 1 aliphatic carbocycles. The molecular formula is C19H15BrF2O. The maximum Gasteiger partial charge on any atom is 0.270 e. The number of rotatable bonds is 3. The van der Waals surface area contributed by atoms with Gasteiger partial charge in [-0.2, -0.15) is 0 Å². The normalized spacial score (nSPS) is 19.0. The van der Waals surface area contributed by atoms with Crippen LogP contribution in [-0.2, 0) is 5.60 Å². The Morgan fingerprint density at radius 3 is 2.17 bits per heavy atom. The van der Waals surface area contributed by atoms with Crippen LogP contribution in [0.4, 0.5) is 8.78 Å². The Labute approximate surface area is 142 Å². The lowest BCUT2D eigenvalue weighted by Gasteiger charge is -2.34. The summed E-state index contributed by atoms with van der Waals surface area (Å²) in [4.78, 5) is 0. The summed E-state index contributed by atoms with van der Waals surface area (Å²) in [5.74, 6) is -2.96. The van der Waals surface area contributed by atoms with Gasteiger partial charge in [0, 0.05) is 10.9 Å². The summed E-state index contributed by atoms with van der Waals surface area (Å²) < 4.78 is 28.5. The topological polar surface area (TPSA) is 20.2 Å². The highest BCUT2D eigenvalue weighted by Crippen LogP contribution is 2.43. The number of alkyl halides is 2. The van der Waals surface area contributed by atoms with Crippen molar-refractivity contribution in [1.82, 2.24) is 0 Å². The summed E-state index contributed by atoms with van der Waals surface area (Å²) in [6.07, 6.45) is 3.24. The van der Waals surface area contributed by atoms with E-state index in [1.807, 2.05) is 6.07 Å². The second-order valence-electron chi connectivity index (χ2n) is 5.57. The fourth-order valence-corrected chi connectivity index (χ4v) is 3.10. The third-order valence-corrected chi connectivity index (χ3v) is 4.51. The molecule has 118 valence electrons. The van der Waals surface area contributed by atoms with Gasteiger partial charge in [0.15, 0.2) is 0 Å². The van der Waals surface area contributed by atoms with Crippen LogP contribution in [0.3, 0.4) is 0 Å². The molecule has 23 heavy (non-hydrogen) atoms. The lowest BCUT2D eigenvalue weighted by Crippen LogP contribution is -2.34. The summed E-state index contributed by atoms with van der Waals surface area (Å²) in [7, 11) is 0. The molecule has 0 bridgehead atoms. The van der Waals surface area contributed by atoms with Crippen molar-refractivity contribution in [3.8, 4) is 0 Å². The van der Waals surface area contributed by atoms with Crippen LogP contribution < -0.4 is 0 Å². The lowest BCUT2D eigenvalue weighted by molar-refractivity contribution is 0.0336. The molecule has 0 spiro atoms. The van der Waals surface area contributed by atoms with Gasteiger partial charge in [-0.25, -0.2) is 8.78 Å². The molecule has 0 saturated carbocycles. The highest BCUT2D eigenvalue weighted by Gasteiger charge is 2.41. The first kappa shape index (κ1) is 16.1. The average molecular weight is 377 g/mol. The van der Waals surface area contributed by atoms with Gasteiger partial charge in [-0.15, -0.1) is 0 Å². The largest absolute Gasteiger partial charge is 0.376 e. The molecule has 2 aromatic carbocycles. The van der Waals surface area contributed by atoms with Crippen molar-refractivity contribution in [3.05, 3.63) is 94.0 Å². The molecule has 0 radical (unpaired) electrons. The van der Waals surface area contributed by atoms with Crippen LogP contribution in [-0.4, -0.2) is 11.0 Å². The molecule has 0 saturated heterocycles. The van der Waals surface area contributed by atoms with Crippen molar-refractivity contribution < 1.29 is 13.9 Å². The second-order valence-corrected chi connectivity index (χ2v) is 6.49. The molecule has 2 aromatic rings. The molecule has 0 amide bonds. The second kappa shape index (κ2) is 6.02. The Balaban J connectivity index is 2.17. The quantitative estimate of drug-likeness (QED) is 0.779. The van der Waals surface area contributed by atoms with Gasteiger partial charge in [0.2, 0.25) is 0 Å². The molecular weight excluding hydrogens is 362 g/mol. The Hall–Kier alpha value is -1.78. The molecule has 1 aliphatic rings. The van der Waals surface area contributed by atoms with E-state index in [2.05, 4.69) is 15.9 Å².